The van der Waals surface area contributed by atoms with E-state index in [0.29, 0.717) is 35.5 Å². The first-order valence-corrected chi connectivity index (χ1v) is 27.6. The van der Waals surface area contributed by atoms with Crippen molar-refractivity contribution in [1.82, 2.24) is 0 Å². The van der Waals surface area contributed by atoms with E-state index in [1.807, 2.05) is 107 Å². The van der Waals surface area contributed by atoms with Crippen LogP contribution in [0, 0.1) is 148 Å². The van der Waals surface area contributed by atoms with Gasteiger partial charge in [0.2, 0.25) is 0 Å². The Balaban J connectivity index is 0.000000472. The standard InChI is InChI=1S/C16H23N.C14H19N.C12H15N.C11H13N.C10H11N.C9H9N/c1-11(2)6-15-8-14(10-17)9-16(13(15)5)7-12(3)4;1-9(2)13-6-12(8-15)7-14(10(3)4)11(13)5;1-9(2)6-12-7-11(8-13)5-4-10(12)3;1-8(2)11-6-10(7-12)5-4-9(11)3;1-7-4-10(6-11)5-8(2)9(7)3;1-7-3-4-9(6-10)5-8(7)2/h8-9,11-12H,6-7H2,1-5H3;6-7,9-10H,1-5H3;4-5,7,9H,6H2,1-3H3;4-6,8H,1-3H3;4-5H,1-3H3;3-5H,1-2H3. The van der Waals surface area contributed by atoms with Crippen LogP contribution in [0.3, 0.4) is 0 Å². The number of hydrogen-bond donors (Lipinski definition) is 0. The molecule has 0 radical (unpaired) electrons. The molecule has 0 aliphatic rings. The van der Waals surface area contributed by atoms with Gasteiger partial charge in [0.15, 0.2) is 0 Å². The van der Waals surface area contributed by atoms with Crippen molar-refractivity contribution in [3.8, 4) is 36.4 Å². The maximum atomic E-state index is 9.10. The summed E-state index contributed by atoms with van der Waals surface area (Å²) < 4.78 is 0. The average molecular weight is 1040 g/mol. The number of benzene rings is 6. The van der Waals surface area contributed by atoms with E-state index < -0.39 is 0 Å². The lowest BCUT2D eigenvalue weighted by Gasteiger charge is -2.17. The van der Waals surface area contributed by atoms with Gasteiger partial charge in [-0.15, -0.1) is 0 Å². The quantitative estimate of drug-likeness (QED) is 0.141. The van der Waals surface area contributed by atoms with Crippen molar-refractivity contribution in [3.05, 3.63) is 208 Å². The third kappa shape index (κ3) is 23.2. The summed E-state index contributed by atoms with van der Waals surface area (Å²) in [5, 5.41) is 52.6. The molecule has 6 heteroatoms. The Hall–Kier alpha value is -7.74. The molecule has 0 heterocycles. The van der Waals surface area contributed by atoms with Crippen LogP contribution >= 0.6 is 0 Å². The van der Waals surface area contributed by atoms with E-state index in [2.05, 4.69) is 166 Å². The molecule has 6 rings (SSSR count). The largest absolute Gasteiger partial charge is 0.192 e. The molecule has 6 nitrogen and oxygen atoms in total. The minimum Gasteiger partial charge on any atom is -0.192 e. The molecular formula is C72H90N6. The summed E-state index contributed by atoms with van der Waals surface area (Å²) >= 11 is 0. The second kappa shape index (κ2) is 34.1. The van der Waals surface area contributed by atoms with Gasteiger partial charge < -0.3 is 0 Å². The zero-order valence-electron chi connectivity index (χ0n) is 51.4. The maximum Gasteiger partial charge on any atom is 0.0991 e. The summed E-state index contributed by atoms with van der Waals surface area (Å²) in [4.78, 5) is 0. The van der Waals surface area contributed by atoms with E-state index in [1.54, 1.807) is 0 Å². The van der Waals surface area contributed by atoms with Gasteiger partial charge in [0.05, 0.1) is 69.8 Å². The molecule has 0 saturated heterocycles. The van der Waals surface area contributed by atoms with Gasteiger partial charge in [-0.1, -0.05) is 101 Å². The van der Waals surface area contributed by atoms with Gasteiger partial charge in [-0.2, -0.15) is 31.6 Å². The van der Waals surface area contributed by atoms with Crippen LogP contribution in [0.1, 0.15) is 218 Å². The SMILES string of the molecule is Cc1c(C(C)C)cc(C#N)cc1C(C)C.Cc1c(CC(C)C)cc(C#N)cc1CC(C)C.Cc1cc(C#N)cc(C)c1C.Cc1ccc(C#N)cc1C.Cc1ccc(C#N)cc1C(C)C.Cc1ccc(C#N)cc1CC(C)C. The number of rotatable bonds is 9. The second-order valence-corrected chi connectivity index (χ2v) is 22.9. The predicted octanol–water partition coefficient (Wildman–Crippen LogP) is 19.1. The number of nitriles is 6. The summed E-state index contributed by atoms with van der Waals surface area (Å²) in [6.07, 6.45) is 3.18. The lowest BCUT2D eigenvalue weighted by molar-refractivity contribution is 0.631. The van der Waals surface area contributed by atoms with E-state index in [4.69, 9.17) is 31.6 Å². The fourth-order valence-corrected chi connectivity index (χ4v) is 8.88. The van der Waals surface area contributed by atoms with Gasteiger partial charge in [-0.05, 0) is 273 Å². The smallest absolute Gasteiger partial charge is 0.0991 e. The predicted molar refractivity (Wildman–Crippen MR) is 327 cm³/mol. The van der Waals surface area contributed by atoms with Crippen molar-refractivity contribution in [2.75, 3.05) is 0 Å². The molecule has 6 aromatic rings. The number of nitrogens with zero attached hydrogens (tertiary/aromatic N) is 6. The Morgan fingerprint density at radius 3 is 0.936 bits per heavy atom. The molecule has 0 aliphatic heterocycles. The summed E-state index contributed by atoms with van der Waals surface area (Å²) in [6, 6.07) is 42.5. The molecule has 0 fully saturated rings. The molecule has 0 unspecified atom stereocenters. The van der Waals surface area contributed by atoms with E-state index in [9.17, 15) is 0 Å². The molecule has 0 amide bonds. The van der Waals surface area contributed by atoms with E-state index in [0.717, 1.165) is 52.6 Å². The maximum absolute atomic E-state index is 9.10. The van der Waals surface area contributed by atoms with Crippen molar-refractivity contribution in [1.29, 1.82) is 31.6 Å². The Morgan fingerprint density at radius 2 is 0.564 bits per heavy atom. The fraction of sp³-hybridized carbons (Fsp3) is 0.417. The summed E-state index contributed by atoms with van der Waals surface area (Å²) in [5.74, 6) is 3.38. The van der Waals surface area contributed by atoms with Gasteiger partial charge >= 0.3 is 0 Å². The van der Waals surface area contributed by atoms with Crippen LogP contribution in [0.25, 0.3) is 0 Å². The van der Waals surface area contributed by atoms with E-state index in [-0.39, 0.29) is 0 Å². The Kier molecular flexibility index (Phi) is 29.9. The van der Waals surface area contributed by atoms with Crippen molar-refractivity contribution in [3.63, 3.8) is 0 Å². The molecule has 0 aromatic heterocycles. The molecule has 0 aliphatic carbocycles. The van der Waals surface area contributed by atoms with E-state index in [1.165, 1.54) is 83.5 Å². The van der Waals surface area contributed by atoms with Crippen molar-refractivity contribution in [2.45, 2.75) is 182 Å². The monoisotopic (exact) mass is 1040 g/mol. The Bertz CT molecular complexity index is 3090. The zero-order chi connectivity index (χ0) is 59.6. The highest BCUT2D eigenvalue weighted by atomic mass is 14.3. The molecular weight excluding hydrogens is 949 g/mol. The van der Waals surface area contributed by atoms with Crippen LogP contribution in [0.5, 0.6) is 0 Å². The van der Waals surface area contributed by atoms with Crippen LogP contribution in [0.4, 0.5) is 0 Å². The highest BCUT2D eigenvalue weighted by molar-refractivity contribution is 5.47. The summed E-state index contributed by atoms with van der Waals surface area (Å²) in [6.45, 7) is 45.0. The van der Waals surface area contributed by atoms with Gasteiger partial charge in [-0.3, -0.25) is 0 Å². The topological polar surface area (TPSA) is 143 Å². The fourth-order valence-electron chi connectivity index (χ4n) is 8.88. The summed E-state index contributed by atoms with van der Waals surface area (Å²) in [7, 11) is 0. The number of hydrogen-bond acceptors (Lipinski definition) is 6. The average Bonchev–Trinajstić information content (AvgIpc) is 3.38. The van der Waals surface area contributed by atoms with Crippen LogP contribution < -0.4 is 0 Å². The zero-order valence-corrected chi connectivity index (χ0v) is 51.4. The highest BCUT2D eigenvalue weighted by Crippen LogP contribution is 2.29. The summed E-state index contributed by atoms with van der Waals surface area (Å²) in [5.41, 5.74) is 23.8. The number of aryl methyl sites for hydroxylation is 6. The Labute approximate surface area is 473 Å². The normalized spacial score (nSPS) is 10.1. The lowest BCUT2D eigenvalue weighted by atomic mass is 9.88. The first kappa shape index (κ1) is 68.3. The van der Waals surface area contributed by atoms with Crippen LogP contribution in [-0.2, 0) is 19.3 Å². The lowest BCUT2D eigenvalue weighted by Crippen LogP contribution is -2.04. The van der Waals surface area contributed by atoms with Gasteiger partial charge in [-0.25, -0.2) is 0 Å². The van der Waals surface area contributed by atoms with Crippen LogP contribution in [0.15, 0.2) is 91.0 Å². The third-order valence-corrected chi connectivity index (χ3v) is 13.7. The molecule has 0 saturated carbocycles. The third-order valence-electron chi connectivity index (χ3n) is 13.7. The molecule has 78 heavy (non-hydrogen) atoms. The van der Waals surface area contributed by atoms with Gasteiger partial charge in [0.25, 0.3) is 0 Å². The minimum atomic E-state index is 0.482. The molecule has 408 valence electrons. The minimum absolute atomic E-state index is 0.482. The van der Waals surface area contributed by atoms with Gasteiger partial charge in [0, 0.05) is 0 Å². The molecule has 0 atom stereocenters. The van der Waals surface area contributed by atoms with Crippen LogP contribution in [-0.4, -0.2) is 0 Å². The van der Waals surface area contributed by atoms with Crippen molar-refractivity contribution < 1.29 is 0 Å². The first-order chi connectivity index (χ1) is 36.6. The molecule has 0 N–H and O–H groups in total. The molecule has 6 aromatic carbocycles. The second-order valence-electron chi connectivity index (χ2n) is 22.9. The first-order valence-electron chi connectivity index (χ1n) is 27.6. The van der Waals surface area contributed by atoms with Crippen molar-refractivity contribution in [2.24, 2.45) is 17.8 Å². The van der Waals surface area contributed by atoms with Crippen molar-refractivity contribution >= 4 is 0 Å². The van der Waals surface area contributed by atoms with E-state index >= 15 is 0 Å². The molecule has 0 bridgehead atoms. The Morgan fingerprint density at radius 1 is 0.269 bits per heavy atom. The van der Waals surface area contributed by atoms with Crippen LogP contribution in [0.2, 0.25) is 0 Å². The highest BCUT2D eigenvalue weighted by Gasteiger charge is 2.13. The van der Waals surface area contributed by atoms with Gasteiger partial charge in [0.1, 0.15) is 0 Å². The molecule has 0 spiro atoms.